The molecule has 3 nitrogen and oxygen atoms in total. The average Bonchev–Trinajstić information content (AvgIpc) is 2.35. The van der Waals surface area contributed by atoms with Crippen LogP contribution in [0.3, 0.4) is 0 Å². The molecule has 0 radical (unpaired) electrons. The molecule has 2 N–H and O–H groups in total. The number of amides is 1. The number of hydrogen-bond acceptors (Lipinski definition) is 2. The van der Waals surface area contributed by atoms with Crippen LogP contribution in [0, 0.1) is 19.8 Å². The van der Waals surface area contributed by atoms with Crippen LogP contribution >= 0.6 is 12.4 Å². The number of hydrogen-bond donors (Lipinski definition) is 2. The maximum Gasteiger partial charge on any atom is 0.227 e. The summed E-state index contributed by atoms with van der Waals surface area (Å²) in [5, 5.41) is 6.28. The standard InChI is InChI=1S/C14H20N2O.ClH/c1-10-3-4-13(9-11(10)2)16-14(17)12-5-7-15-8-6-12;/h3-4,9,12,15H,5-8H2,1-2H3,(H,16,17);1H. The van der Waals surface area contributed by atoms with E-state index in [1.807, 2.05) is 18.2 Å². The van der Waals surface area contributed by atoms with E-state index >= 15 is 0 Å². The van der Waals surface area contributed by atoms with Crippen LogP contribution in [0.2, 0.25) is 0 Å². The van der Waals surface area contributed by atoms with E-state index in [2.05, 4.69) is 24.5 Å². The molecule has 1 amide bonds. The highest BCUT2D eigenvalue weighted by Gasteiger charge is 2.20. The lowest BCUT2D eigenvalue weighted by atomic mass is 9.97. The second-order valence-corrected chi connectivity index (χ2v) is 4.81. The van der Waals surface area contributed by atoms with Crippen LogP contribution in [0.25, 0.3) is 0 Å². The molecule has 1 aromatic rings. The van der Waals surface area contributed by atoms with Gasteiger partial charge in [-0.1, -0.05) is 6.07 Å². The van der Waals surface area contributed by atoms with E-state index in [1.54, 1.807) is 0 Å². The van der Waals surface area contributed by atoms with Gasteiger partial charge in [-0.2, -0.15) is 0 Å². The van der Waals surface area contributed by atoms with Crippen molar-refractivity contribution in [3.8, 4) is 0 Å². The summed E-state index contributed by atoms with van der Waals surface area (Å²) in [5.41, 5.74) is 3.38. The highest BCUT2D eigenvalue weighted by Crippen LogP contribution is 2.18. The number of aryl methyl sites for hydroxylation is 2. The molecule has 1 saturated heterocycles. The molecule has 1 fully saturated rings. The van der Waals surface area contributed by atoms with Gasteiger partial charge in [0.15, 0.2) is 0 Å². The first-order valence-electron chi connectivity index (χ1n) is 6.25. The van der Waals surface area contributed by atoms with E-state index in [1.165, 1.54) is 11.1 Å². The molecule has 0 aromatic heterocycles. The average molecular weight is 269 g/mol. The zero-order chi connectivity index (χ0) is 12.3. The van der Waals surface area contributed by atoms with Crippen molar-refractivity contribution >= 4 is 24.0 Å². The molecule has 0 unspecified atom stereocenters. The normalized spacial score (nSPS) is 15.9. The molecule has 0 bridgehead atoms. The van der Waals surface area contributed by atoms with Gasteiger partial charge < -0.3 is 10.6 Å². The molecule has 4 heteroatoms. The summed E-state index contributed by atoms with van der Waals surface area (Å²) in [6, 6.07) is 6.06. The minimum Gasteiger partial charge on any atom is -0.326 e. The summed E-state index contributed by atoms with van der Waals surface area (Å²) in [6.07, 6.45) is 1.88. The Bertz CT molecular complexity index is 414. The molecule has 18 heavy (non-hydrogen) atoms. The zero-order valence-electron chi connectivity index (χ0n) is 11.0. The highest BCUT2D eigenvalue weighted by molar-refractivity contribution is 5.92. The molecule has 0 aliphatic carbocycles. The maximum atomic E-state index is 12.0. The van der Waals surface area contributed by atoms with Gasteiger partial charge in [0.25, 0.3) is 0 Å². The smallest absolute Gasteiger partial charge is 0.227 e. The number of nitrogens with one attached hydrogen (secondary N) is 2. The third-order valence-electron chi connectivity index (χ3n) is 3.48. The molecular weight excluding hydrogens is 248 g/mol. The minimum absolute atomic E-state index is 0. The Morgan fingerprint density at radius 2 is 1.89 bits per heavy atom. The number of anilines is 1. The zero-order valence-corrected chi connectivity index (χ0v) is 11.8. The molecule has 100 valence electrons. The summed E-state index contributed by atoms with van der Waals surface area (Å²) in [5.74, 6) is 0.326. The van der Waals surface area contributed by atoms with Crippen molar-refractivity contribution < 1.29 is 4.79 Å². The van der Waals surface area contributed by atoms with Gasteiger partial charge in [-0.25, -0.2) is 0 Å². The Labute approximate surface area is 115 Å². The Kier molecular flexibility index (Phi) is 5.63. The van der Waals surface area contributed by atoms with E-state index in [0.29, 0.717) is 0 Å². The molecule has 1 aromatic carbocycles. The van der Waals surface area contributed by atoms with Crippen molar-refractivity contribution in [1.82, 2.24) is 5.32 Å². The quantitative estimate of drug-likeness (QED) is 0.866. The molecule has 1 heterocycles. The topological polar surface area (TPSA) is 41.1 Å². The van der Waals surface area contributed by atoms with Gasteiger partial charge in [0, 0.05) is 11.6 Å². The van der Waals surface area contributed by atoms with Gasteiger partial charge >= 0.3 is 0 Å². The lowest BCUT2D eigenvalue weighted by Gasteiger charge is -2.21. The number of benzene rings is 1. The second-order valence-electron chi connectivity index (χ2n) is 4.81. The number of carbonyl (C=O) groups excluding carboxylic acids is 1. The first kappa shape index (κ1) is 15.0. The molecular formula is C14H21ClN2O. The summed E-state index contributed by atoms with van der Waals surface area (Å²) in [6.45, 7) is 6.04. The fourth-order valence-electron chi connectivity index (χ4n) is 2.15. The monoisotopic (exact) mass is 268 g/mol. The van der Waals surface area contributed by atoms with Crippen LogP contribution in [-0.2, 0) is 4.79 Å². The minimum atomic E-state index is 0. The van der Waals surface area contributed by atoms with Crippen molar-refractivity contribution in [2.24, 2.45) is 5.92 Å². The summed E-state index contributed by atoms with van der Waals surface area (Å²) in [7, 11) is 0. The first-order valence-corrected chi connectivity index (χ1v) is 6.25. The van der Waals surface area contributed by atoms with Gasteiger partial charge in [-0.05, 0) is 63.0 Å². The molecule has 0 atom stereocenters. The molecule has 0 saturated carbocycles. The molecule has 1 aliphatic rings. The van der Waals surface area contributed by atoms with E-state index in [9.17, 15) is 4.79 Å². The largest absolute Gasteiger partial charge is 0.326 e. The summed E-state index contributed by atoms with van der Waals surface area (Å²) in [4.78, 5) is 12.0. The molecule has 0 spiro atoms. The lowest BCUT2D eigenvalue weighted by molar-refractivity contribution is -0.120. The van der Waals surface area contributed by atoms with Crippen molar-refractivity contribution in [3.05, 3.63) is 29.3 Å². The van der Waals surface area contributed by atoms with Crippen LogP contribution in [0.15, 0.2) is 18.2 Å². The first-order chi connectivity index (χ1) is 8.16. The van der Waals surface area contributed by atoms with E-state index in [0.717, 1.165) is 31.6 Å². The second kappa shape index (κ2) is 6.76. The van der Waals surface area contributed by atoms with Crippen molar-refractivity contribution in [2.45, 2.75) is 26.7 Å². The third-order valence-corrected chi connectivity index (χ3v) is 3.48. The van der Waals surface area contributed by atoms with Crippen molar-refractivity contribution in [1.29, 1.82) is 0 Å². The third kappa shape index (κ3) is 3.72. The number of halogens is 1. The van der Waals surface area contributed by atoms with Gasteiger partial charge in [0.05, 0.1) is 0 Å². The van der Waals surface area contributed by atoms with E-state index in [4.69, 9.17) is 0 Å². The van der Waals surface area contributed by atoms with Gasteiger partial charge in [-0.15, -0.1) is 12.4 Å². The highest BCUT2D eigenvalue weighted by atomic mass is 35.5. The number of rotatable bonds is 2. The lowest BCUT2D eigenvalue weighted by Crippen LogP contribution is -2.34. The summed E-state index contributed by atoms with van der Waals surface area (Å²) >= 11 is 0. The van der Waals surface area contributed by atoms with Crippen LogP contribution < -0.4 is 10.6 Å². The molecule has 2 rings (SSSR count). The molecule has 1 aliphatic heterocycles. The van der Waals surface area contributed by atoms with E-state index < -0.39 is 0 Å². The fourth-order valence-corrected chi connectivity index (χ4v) is 2.15. The predicted octanol–water partition coefficient (Wildman–Crippen LogP) is 2.66. The Morgan fingerprint density at radius 3 is 2.50 bits per heavy atom. The Balaban J connectivity index is 0.00000162. The van der Waals surface area contributed by atoms with Crippen LogP contribution in [0.5, 0.6) is 0 Å². The van der Waals surface area contributed by atoms with Crippen LogP contribution in [-0.4, -0.2) is 19.0 Å². The number of piperidine rings is 1. The van der Waals surface area contributed by atoms with Gasteiger partial charge in [0.2, 0.25) is 5.91 Å². The SMILES string of the molecule is Cc1ccc(NC(=O)C2CCNCC2)cc1C.Cl. The van der Waals surface area contributed by atoms with Crippen LogP contribution in [0.4, 0.5) is 5.69 Å². The van der Waals surface area contributed by atoms with Crippen molar-refractivity contribution in [2.75, 3.05) is 18.4 Å². The summed E-state index contributed by atoms with van der Waals surface area (Å²) < 4.78 is 0. The van der Waals surface area contributed by atoms with Gasteiger partial charge in [-0.3, -0.25) is 4.79 Å². The Hall–Kier alpha value is -1.06. The number of carbonyl (C=O) groups is 1. The predicted molar refractivity (Wildman–Crippen MR) is 77.4 cm³/mol. The van der Waals surface area contributed by atoms with E-state index in [-0.39, 0.29) is 24.2 Å². The Morgan fingerprint density at radius 1 is 1.22 bits per heavy atom. The van der Waals surface area contributed by atoms with Crippen molar-refractivity contribution in [3.63, 3.8) is 0 Å². The maximum absolute atomic E-state index is 12.0. The van der Waals surface area contributed by atoms with Gasteiger partial charge in [0.1, 0.15) is 0 Å². The van der Waals surface area contributed by atoms with Crippen LogP contribution in [0.1, 0.15) is 24.0 Å². The fraction of sp³-hybridized carbons (Fsp3) is 0.500.